The number of benzene rings is 1. The first kappa shape index (κ1) is 20.6. The zero-order chi connectivity index (χ0) is 10.1. The average Bonchev–Trinajstić information content (AvgIpc) is 2.06. The Bertz CT molecular complexity index is 160. The van der Waals surface area contributed by atoms with Gasteiger partial charge in [0.25, 0.3) is 0 Å². The molecule has 1 aromatic carbocycles. The third-order valence-corrected chi connectivity index (χ3v) is 1.07. The molecule has 15 heavy (non-hydrogen) atoms. The van der Waals surface area contributed by atoms with Crippen LogP contribution in [0.3, 0.4) is 0 Å². The van der Waals surface area contributed by atoms with E-state index in [9.17, 15) is 0 Å². The Kier molecular flexibility index (Phi) is 19.5. The van der Waals surface area contributed by atoms with E-state index in [-0.39, 0.29) is 35.5 Å². The summed E-state index contributed by atoms with van der Waals surface area (Å²) in [6.07, 6.45) is 0. The van der Waals surface area contributed by atoms with Gasteiger partial charge < -0.3 is 9.80 Å². The normalized spacial score (nSPS) is 8.40. The molecular weight excluding hydrogens is 220 g/mol. The van der Waals surface area contributed by atoms with Gasteiger partial charge in [0.05, 0.1) is 0 Å². The van der Waals surface area contributed by atoms with Gasteiger partial charge in [0.2, 0.25) is 0 Å². The second-order valence-electron chi connectivity index (χ2n) is 3.12. The van der Waals surface area contributed by atoms with Gasteiger partial charge in [-0.3, -0.25) is 0 Å². The van der Waals surface area contributed by atoms with Crippen molar-refractivity contribution in [3.05, 3.63) is 43.1 Å². The molecule has 0 aliphatic carbocycles. The van der Waals surface area contributed by atoms with Crippen molar-refractivity contribution >= 4 is 35.5 Å². The molecule has 0 N–H and O–H groups in total. The smallest absolute Gasteiger partial charge is 0.448 e. The van der Waals surface area contributed by atoms with Crippen molar-refractivity contribution in [1.29, 1.82) is 0 Å². The Labute approximate surface area is 116 Å². The zero-order valence-corrected chi connectivity index (χ0v) is 12.2. The van der Waals surface area contributed by atoms with Crippen molar-refractivity contribution in [3.63, 3.8) is 0 Å². The summed E-state index contributed by atoms with van der Waals surface area (Å²) in [6, 6.07) is 12.5. The first-order valence-corrected chi connectivity index (χ1v) is 4.22. The minimum absolute atomic E-state index is 0. The first-order chi connectivity index (χ1) is 6.13. The predicted octanol–water partition coefficient (Wildman–Crippen LogP) is 1.76. The van der Waals surface area contributed by atoms with Crippen LogP contribution < -0.4 is 0 Å². The van der Waals surface area contributed by atoms with E-state index in [0.717, 1.165) is 0 Å². The van der Waals surface area contributed by atoms with Gasteiger partial charge in [-0.1, -0.05) is 0 Å². The van der Waals surface area contributed by atoms with Crippen LogP contribution in [0.25, 0.3) is 0 Å². The fraction of sp³-hybridized carbons (Fsp3) is 0.364. The Balaban J connectivity index is -0.000000170. The zero-order valence-electron chi connectivity index (χ0n) is 9.97. The molecule has 0 heterocycles. The van der Waals surface area contributed by atoms with Crippen molar-refractivity contribution in [3.8, 4) is 0 Å². The van der Waals surface area contributed by atoms with Crippen LogP contribution in [0.15, 0.2) is 30.3 Å². The molecule has 0 atom stereocenters. The van der Waals surface area contributed by atoms with Crippen LogP contribution in [0.4, 0.5) is 0 Å². The second kappa shape index (κ2) is 14.2. The van der Waals surface area contributed by atoms with E-state index in [0.29, 0.717) is 0 Å². The minimum atomic E-state index is 0. The molecule has 0 saturated carbocycles. The van der Waals surface area contributed by atoms with Gasteiger partial charge in [0.15, 0.2) is 0 Å². The summed E-state index contributed by atoms with van der Waals surface area (Å²) >= 11 is 0. The molecule has 0 fully saturated rings. The summed E-state index contributed by atoms with van der Waals surface area (Å²) in [6.45, 7) is 2.00. The summed E-state index contributed by atoms with van der Waals surface area (Å²) in [7, 11) is 8.00. The van der Waals surface area contributed by atoms with Crippen LogP contribution in [-0.4, -0.2) is 61.0 Å². The summed E-state index contributed by atoms with van der Waals surface area (Å²) in [5, 5.41) is 0. The van der Waals surface area contributed by atoms with Crippen molar-refractivity contribution in [1.82, 2.24) is 9.80 Å². The quantitative estimate of drug-likeness (QED) is 0.573. The number of hydrogen-bond acceptors (Lipinski definition) is 2. The van der Waals surface area contributed by atoms with Crippen LogP contribution in [0.2, 0.25) is 0 Å². The van der Waals surface area contributed by atoms with Crippen molar-refractivity contribution in [2.45, 2.75) is 0 Å². The molecule has 0 unspecified atom stereocenters. The molecule has 0 saturated heterocycles. The number of halogens is 1. The topological polar surface area (TPSA) is 6.48 Å². The summed E-state index contributed by atoms with van der Waals surface area (Å²) in [4.78, 5) is 4.00. The van der Waals surface area contributed by atoms with Gasteiger partial charge in [-0.15, -0.1) is 12.4 Å². The van der Waals surface area contributed by atoms with Crippen LogP contribution in [0.5, 0.6) is 0 Å². The molecule has 1 aromatic rings. The molecule has 2 nitrogen and oxygen atoms in total. The van der Waals surface area contributed by atoms with E-state index in [1.165, 1.54) is 0 Å². The number of nitrogens with zero attached hydrogens (tertiary/aromatic N) is 2. The molecule has 4 heteroatoms. The molecule has 0 aliphatic rings. The van der Waals surface area contributed by atoms with Crippen molar-refractivity contribution in [2.75, 3.05) is 28.2 Å². The third-order valence-electron chi connectivity index (χ3n) is 1.07. The molecule has 0 aromatic heterocycles. The summed E-state index contributed by atoms with van der Waals surface area (Å²) in [5.41, 5.74) is 0. The Morgan fingerprint density at radius 3 is 1.33 bits per heavy atom. The maximum Gasteiger partial charge on any atom is 2.00 e. The largest absolute Gasteiger partial charge is 2.00 e. The van der Waals surface area contributed by atoms with Gasteiger partial charge in [-0.05, 0) is 28.2 Å². The number of rotatable bonds is 2. The van der Waals surface area contributed by atoms with Crippen molar-refractivity contribution in [2.24, 2.45) is 0 Å². The van der Waals surface area contributed by atoms with Crippen LogP contribution in [0.1, 0.15) is 0 Å². The van der Waals surface area contributed by atoms with Gasteiger partial charge >= 0.3 is 23.1 Å². The standard InChI is InChI=1S/C6H5.C5H13N2.ClH.Mg/c1-2-4-6-5-3-1;1-6(2)5-7(3)4;;/h1-5H;5H,1-4H3;1H;/q2*-1;;+2. The van der Waals surface area contributed by atoms with Gasteiger partial charge in [0.1, 0.15) is 0 Å². The third kappa shape index (κ3) is 20.3. The fourth-order valence-corrected chi connectivity index (χ4v) is 0.804. The van der Waals surface area contributed by atoms with Crippen LogP contribution >= 0.6 is 12.4 Å². The van der Waals surface area contributed by atoms with Crippen LogP contribution in [0, 0.1) is 12.7 Å². The van der Waals surface area contributed by atoms with E-state index >= 15 is 0 Å². The molecule has 0 bridgehead atoms. The molecule has 0 aliphatic heterocycles. The Morgan fingerprint density at radius 2 is 1.27 bits per heavy atom. The fourth-order valence-electron chi connectivity index (χ4n) is 0.804. The van der Waals surface area contributed by atoms with E-state index in [4.69, 9.17) is 0 Å². The minimum Gasteiger partial charge on any atom is -0.448 e. The van der Waals surface area contributed by atoms with E-state index < -0.39 is 0 Å². The predicted molar refractivity (Wildman–Crippen MR) is 70.0 cm³/mol. The Morgan fingerprint density at radius 1 is 0.867 bits per heavy atom. The molecule has 0 radical (unpaired) electrons. The van der Waals surface area contributed by atoms with Crippen molar-refractivity contribution < 1.29 is 0 Å². The SMILES string of the molecule is CN(C)[CH-]N(C)C.Cl.[Mg+2].[c-]1ccccc1. The maximum atomic E-state index is 2.89. The molecule has 0 amide bonds. The van der Waals surface area contributed by atoms with Gasteiger partial charge in [-0.2, -0.15) is 36.4 Å². The monoisotopic (exact) mass is 238 g/mol. The molecule has 82 valence electrons. The maximum absolute atomic E-state index is 2.89. The summed E-state index contributed by atoms with van der Waals surface area (Å²) in [5.74, 6) is 0. The van der Waals surface area contributed by atoms with E-state index in [2.05, 4.69) is 6.07 Å². The molecule has 0 spiro atoms. The van der Waals surface area contributed by atoms with Gasteiger partial charge in [0, 0.05) is 0 Å². The number of hydrogen-bond donors (Lipinski definition) is 0. The van der Waals surface area contributed by atoms with E-state index in [1.807, 2.05) is 75.0 Å². The summed E-state index contributed by atoms with van der Waals surface area (Å²) < 4.78 is 0. The Hall–Kier alpha value is 0.196. The first-order valence-electron chi connectivity index (χ1n) is 4.22. The molecule has 1 rings (SSSR count). The van der Waals surface area contributed by atoms with E-state index in [1.54, 1.807) is 0 Å². The van der Waals surface area contributed by atoms with Crippen LogP contribution in [-0.2, 0) is 0 Å². The molecular formula is C11H19ClMgN2. The second-order valence-corrected chi connectivity index (χ2v) is 3.12. The van der Waals surface area contributed by atoms with Gasteiger partial charge in [-0.25, -0.2) is 6.67 Å². The average molecular weight is 239 g/mol.